The SMILES string of the molecule is N[C@@H]1Cc2ccc(O)c3c2[C@@]2(CCCC4CC4)[C@@H](O3)C(=O)/C(=C/c3ccccc3)C[C@@]12O. The number of phenols is 1. The number of hydrogen-bond donors (Lipinski definition) is 3. The third kappa shape index (κ3) is 2.67. The fraction of sp³-hybridized carbons (Fsp3) is 0.444. The molecule has 166 valence electrons. The summed E-state index contributed by atoms with van der Waals surface area (Å²) in [5.74, 6) is 1.03. The van der Waals surface area contributed by atoms with Crippen molar-refractivity contribution >= 4 is 11.9 Å². The Kier molecular flexibility index (Phi) is 4.33. The number of carbonyl (C=O) groups excluding carboxylic acids is 1. The first-order valence-corrected chi connectivity index (χ1v) is 11.7. The molecule has 2 aromatic rings. The summed E-state index contributed by atoms with van der Waals surface area (Å²) < 4.78 is 6.25. The molecule has 5 heteroatoms. The number of aromatic hydroxyl groups is 1. The number of aliphatic hydroxyl groups is 1. The van der Waals surface area contributed by atoms with Gasteiger partial charge in [-0.2, -0.15) is 0 Å². The standard InChI is InChI=1S/C27H29NO4/c28-21-14-18-10-11-20(29)24-22(18)26(12-4-7-16-8-9-16)25(32-24)23(30)19(15-27(21,26)31)13-17-5-2-1-3-6-17/h1-3,5-6,10-11,13,16,21,25,29,31H,4,7-9,12,14-15,28H2/b19-13+/t21-,25+,26+,27-/m1/s1. The lowest BCUT2D eigenvalue weighted by atomic mass is 9.49. The van der Waals surface area contributed by atoms with Crippen molar-refractivity contribution in [2.24, 2.45) is 11.7 Å². The second-order valence-corrected chi connectivity index (χ2v) is 10.1. The highest BCUT2D eigenvalue weighted by Crippen LogP contribution is 2.63. The summed E-state index contributed by atoms with van der Waals surface area (Å²) in [6.07, 6.45) is 6.82. The lowest BCUT2D eigenvalue weighted by molar-refractivity contribution is -0.148. The van der Waals surface area contributed by atoms with Gasteiger partial charge >= 0.3 is 0 Å². The normalized spacial score (nSPS) is 33.8. The lowest BCUT2D eigenvalue weighted by Gasteiger charge is -2.56. The average Bonchev–Trinajstić information content (AvgIpc) is 3.53. The Morgan fingerprint density at radius 3 is 2.69 bits per heavy atom. The molecule has 2 aromatic carbocycles. The second kappa shape index (κ2) is 6.93. The monoisotopic (exact) mass is 431 g/mol. The van der Waals surface area contributed by atoms with Crippen molar-refractivity contribution in [2.45, 2.75) is 68.1 Å². The topological polar surface area (TPSA) is 92.8 Å². The van der Waals surface area contributed by atoms with E-state index in [9.17, 15) is 15.0 Å². The van der Waals surface area contributed by atoms with Gasteiger partial charge in [0.05, 0.1) is 11.0 Å². The van der Waals surface area contributed by atoms with Gasteiger partial charge in [0.25, 0.3) is 0 Å². The molecule has 32 heavy (non-hydrogen) atoms. The average molecular weight is 432 g/mol. The van der Waals surface area contributed by atoms with Gasteiger partial charge in [0.1, 0.15) is 0 Å². The molecule has 6 rings (SSSR count). The van der Waals surface area contributed by atoms with E-state index in [0.29, 0.717) is 24.2 Å². The van der Waals surface area contributed by atoms with Gasteiger partial charge in [-0.25, -0.2) is 0 Å². The van der Waals surface area contributed by atoms with Gasteiger partial charge in [0, 0.05) is 23.6 Å². The van der Waals surface area contributed by atoms with E-state index in [-0.39, 0.29) is 18.0 Å². The lowest BCUT2D eigenvalue weighted by Crippen LogP contribution is -2.72. The summed E-state index contributed by atoms with van der Waals surface area (Å²) in [5.41, 5.74) is 7.68. The maximum absolute atomic E-state index is 13.8. The number of carbonyl (C=O) groups is 1. The van der Waals surface area contributed by atoms with Gasteiger partial charge < -0.3 is 20.7 Å². The van der Waals surface area contributed by atoms with Crippen LogP contribution in [-0.4, -0.2) is 33.7 Å². The van der Waals surface area contributed by atoms with Gasteiger partial charge in [-0.1, -0.05) is 62.1 Å². The van der Waals surface area contributed by atoms with Crippen LogP contribution in [0.2, 0.25) is 0 Å². The molecule has 4 N–H and O–H groups in total. The maximum atomic E-state index is 13.8. The van der Waals surface area contributed by atoms with Crippen molar-refractivity contribution in [3.8, 4) is 11.5 Å². The third-order valence-corrected chi connectivity index (χ3v) is 8.21. The quantitative estimate of drug-likeness (QED) is 0.629. The number of phenolic OH excluding ortho intramolecular Hbond substituents is 1. The molecule has 5 nitrogen and oxygen atoms in total. The predicted molar refractivity (Wildman–Crippen MR) is 121 cm³/mol. The Balaban J connectivity index is 1.51. The zero-order valence-electron chi connectivity index (χ0n) is 18.1. The first-order chi connectivity index (χ1) is 15.4. The van der Waals surface area contributed by atoms with E-state index in [1.54, 1.807) is 6.07 Å². The van der Waals surface area contributed by atoms with Gasteiger partial charge in [0.15, 0.2) is 23.4 Å². The van der Waals surface area contributed by atoms with E-state index in [1.165, 1.54) is 12.8 Å². The second-order valence-electron chi connectivity index (χ2n) is 10.1. The van der Waals surface area contributed by atoms with Crippen LogP contribution in [0.25, 0.3) is 6.08 Å². The molecule has 2 fully saturated rings. The van der Waals surface area contributed by atoms with E-state index in [2.05, 4.69) is 0 Å². The molecular formula is C27H29NO4. The van der Waals surface area contributed by atoms with Crippen molar-refractivity contribution < 1.29 is 19.7 Å². The molecule has 0 aromatic heterocycles. The Morgan fingerprint density at radius 2 is 1.94 bits per heavy atom. The van der Waals surface area contributed by atoms with Crippen molar-refractivity contribution in [1.82, 2.24) is 0 Å². The number of ether oxygens (including phenoxy) is 1. The highest BCUT2D eigenvalue weighted by molar-refractivity contribution is 6.06. The molecular weight excluding hydrogens is 402 g/mol. The zero-order chi connectivity index (χ0) is 22.1. The first-order valence-electron chi connectivity index (χ1n) is 11.7. The molecule has 0 unspecified atom stereocenters. The molecule has 4 aliphatic rings. The van der Waals surface area contributed by atoms with Gasteiger partial charge in [-0.3, -0.25) is 4.79 Å². The molecule has 0 amide bonds. The van der Waals surface area contributed by atoms with Crippen LogP contribution in [0.15, 0.2) is 48.0 Å². The smallest absolute Gasteiger partial charge is 0.200 e. The van der Waals surface area contributed by atoms with Crippen molar-refractivity contribution in [3.05, 3.63) is 64.7 Å². The molecule has 0 saturated heterocycles. The summed E-state index contributed by atoms with van der Waals surface area (Å²) in [5, 5.41) is 22.9. The van der Waals surface area contributed by atoms with E-state index < -0.39 is 23.2 Å². The predicted octanol–water partition coefficient (Wildman–Crippen LogP) is 3.64. The molecule has 1 heterocycles. The van der Waals surface area contributed by atoms with Gasteiger partial charge in [0.2, 0.25) is 0 Å². The summed E-state index contributed by atoms with van der Waals surface area (Å²) in [6.45, 7) is 0. The molecule has 0 spiro atoms. The van der Waals surface area contributed by atoms with Gasteiger partial charge in [-0.05, 0) is 42.0 Å². The summed E-state index contributed by atoms with van der Waals surface area (Å²) in [4.78, 5) is 13.8. The zero-order valence-corrected chi connectivity index (χ0v) is 18.1. The van der Waals surface area contributed by atoms with Crippen LogP contribution in [0.3, 0.4) is 0 Å². The van der Waals surface area contributed by atoms with Crippen molar-refractivity contribution in [2.75, 3.05) is 0 Å². The molecule has 4 atom stereocenters. The van der Waals surface area contributed by atoms with Crippen LogP contribution in [0, 0.1) is 5.92 Å². The van der Waals surface area contributed by atoms with Crippen LogP contribution < -0.4 is 10.5 Å². The fourth-order valence-corrected chi connectivity index (χ4v) is 6.45. The number of hydrogen-bond acceptors (Lipinski definition) is 5. The van der Waals surface area contributed by atoms with E-state index in [0.717, 1.165) is 35.4 Å². The van der Waals surface area contributed by atoms with Crippen LogP contribution in [0.5, 0.6) is 11.5 Å². The Hall–Kier alpha value is -2.63. The Bertz CT molecular complexity index is 1120. The number of rotatable bonds is 5. The van der Waals surface area contributed by atoms with Crippen LogP contribution >= 0.6 is 0 Å². The number of ketones is 1. The van der Waals surface area contributed by atoms with E-state index in [4.69, 9.17) is 10.5 Å². The first kappa shape index (κ1) is 20.0. The largest absolute Gasteiger partial charge is 0.504 e. The van der Waals surface area contributed by atoms with Crippen molar-refractivity contribution in [1.29, 1.82) is 0 Å². The Labute approximate surface area is 187 Å². The Morgan fingerprint density at radius 1 is 1.16 bits per heavy atom. The fourth-order valence-electron chi connectivity index (χ4n) is 6.45. The van der Waals surface area contributed by atoms with Crippen molar-refractivity contribution in [3.63, 3.8) is 0 Å². The number of nitrogens with two attached hydrogens (primary N) is 1. The van der Waals surface area contributed by atoms with Crippen LogP contribution in [0.1, 0.15) is 55.2 Å². The molecule has 2 saturated carbocycles. The summed E-state index contributed by atoms with van der Waals surface area (Å²) in [7, 11) is 0. The third-order valence-electron chi connectivity index (χ3n) is 8.21. The molecule has 3 aliphatic carbocycles. The molecule has 0 radical (unpaired) electrons. The maximum Gasteiger partial charge on any atom is 0.200 e. The van der Waals surface area contributed by atoms with Crippen LogP contribution in [0.4, 0.5) is 0 Å². The minimum absolute atomic E-state index is 0.0268. The minimum Gasteiger partial charge on any atom is -0.504 e. The molecule has 0 bridgehead atoms. The summed E-state index contributed by atoms with van der Waals surface area (Å²) >= 11 is 0. The highest BCUT2D eigenvalue weighted by Gasteiger charge is 2.71. The van der Waals surface area contributed by atoms with Gasteiger partial charge in [-0.15, -0.1) is 0 Å². The van der Waals surface area contributed by atoms with E-state index >= 15 is 0 Å². The summed E-state index contributed by atoms with van der Waals surface area (Å²) in [6, 6.07) is 12.6. The number of Topliss-reactive ketones (excluding diaryl/α,β-unsaturated/α-hetero) is 1. The number of benzene rings is 2. The highest BCUT2D eigenvalue weighted by atomic mass is 16.5. The van der Waals surface area contributed by atoms with E-state index in [1.807, 2.05) is 42.5 Å². The minimum atomic E-state index is -1.32. The van der Waals surface area contributed by atoms with Crippen LogP contribution in [-0.2, 0) is 16.6 Å². The molecule has 1 aliphatic heterocycles.